The van der Waals surface area contributed by atoms with Crippen LogP contribution >= 0.6 is 0 Å². The van der Waals surface area contributed by atoms with Gasteiger partial charge in [-0.1, -0.05) is 71.9 Å². The Labute approximate surface area is 187 Å². The normalized spacial score (nSPS) is 15.7. The van der Waals surface area contributed by atoms with Crippen molar-refractivity contribution in [1.82, 2.24) is 0 Å². The van der Waals surface area contributed by atoms with Crippen molar-refractivity contribution < 1.29 is 18.4 Å². The molecule has 30 heavy (non-hydrogen) atoms. The Morgan fingerprint density at radius 3 is 1.87 bits per heavy atom. The highest BCUT2D eigenvalue weighted by molar-refractivity contribution is 6.74. The van der Waals surface area contributed by atoms with Crippen molar-refractivity contribution in [2.75, 3.05) is 6.61 Å². The van der Waals surface area contributed by atoms with Crippen molar-refractivity contribution in [2.45, 2.75) is 103 Å². The molecule has 0 saturated heterocycles. The highest BCUT2D eigenvalue weighted by Crippen LogP contribution is 2.39. The minimum absolute atomic E-state index is 0.0629. The van der Waals surface area contributed by atoms with Crippen molar-refractivity contribution in [3.8, 4) is 0 Å². The van der Waals surface area contributed by atoms with E-state index in [1.807, 2.05) is 30.3 Å². The third-order valence-corrected chi connectivity index (χ3v) is 15.7. The Morgan fingerprint density at radius 2 is 1.40 bits per heavy atom. The number of aldehydes is 1. The van der Waals surface area contributed by atoms with Gasteiger partial charge in [0.2, 0.25) is 0 Å². The molecule has 1 aromatic rings. The van der Waals surface area contributed by atoms with E-state index >= 15 is 0 Å². The molecule has 6 heteroatoms. The second-order valence-electron chi connectivity index (χ2n) is 11.2. The van der Waals surface area contributed by atoms with Crippen molar-refractivity contribution in [3.63, 3.8) is 0 Å². The number of carbonyl (C=O) groups excluding carboxylic acids is 1. The Morgan fingerprint density at radius 1 is 0.867 bits per heavy atom. The van der Waals surface area contributed by atoms with Gasteiger partial charge < -0.3 is 18.4 Å². The molecule has 172 valence electrons. The van der Waals surface area contributed by atoms with Gasteiger partial charge in [0.15, 0.2) is 16.6 Å². The molecule has 4 nitrogen and oxygen atoms in total. The molecule has 0 fully saturated rings. The maximum Gasteiger partial charge on any atom is 0.192 e. The zero-order valence-corrected chi connectivity index (χ0v) is 22.9. The molecule has 0 heterocycles. The average molecular weight is 453 g/mol. The molecule has 0 amide bonds. The van der Waals surface area contributed by atoms with E-state index in [1.54, 1.807) is 0 Å². The fourth-order valence-corrected chi connectivity index (χ4v) is 4.82. The quantitative estimate of drug-likeness (QED) is 0.281. The van der Waals surface area contributed by atoms with Crippen LogP contribution in [-0.4, -0.2) is 41.7 Å². The summed E-state index contributed by atoms with van der Waals surface area (Å²) in [7, 11) is -4.02. The summed E-state index contributed by atoms with van der Waals surface area (Å²) in [5.41, 5.74) is 1.09. The number of ether oxygens (including phenoxy) is 1. The topological polar surface area (TPSA) is 44.8 Å². The highest BCUT2D eigenvalue weighted by Gasteiger charge is 2.43. The van der Waals surface area contributed by atoms with E-state index in [1.165, 1.54) is 0 Å². The van der Waals surface area contributed by atoms with Gasteiger partial charge in [0.05, 0.1) is 25.4 Å². The minimum Gasteiger partial charge on any atom is -0.414 e. The molecule has 0 N–H and O–H groups in total. The number of carbonyl (C=O) groups is 1. The monoisotopic (exact) mass is 452 g/mol. The van der Waals surface area contributed by atoms with Gasteiger partial charge >= 0.3 is 0 Å². The molecule has 0 unspecified atom stereocenters. The predicted octanol–water partition coefficient (Wildman–Crippen LogP) is 6.57. The van der Waals surface area contributed by atoms with E-state index in [4.69, 9.17) is 13.6 Å². The number of benzene rings is 1. The zero-order valence-electron chi connectivity index (χ0n) is 20.9. The average Bonchev–Trinajstić information content (AvgIpc) is 2.61. The largest absolute Gasteiger partial charge is 0.414 e. The lowest BCUT2D eigenvalue weighted by Crippen LogP contribution is -2.51. The maximum absolute atomic E-state index is 11.5. The van der Waals surface area contributed by atoms with Crippen LogP contribution in [-0.2, 0) is 25.0 Å². The third-order valence-electron chi connectivity index (χ3n) is 6.72. The predicted molar refractivity (Wildman–Crippen MR) is 131 cm³/mol. The molecular formula is C24H44O4Si2. The van der Waals surface area contributed by atoms with E-state index < -0.39 is 16.6 Å². The van der Waals surface area contributed by atoms with E-state index in [0.717, 1.165) is 11.8 Å². The van der Waals surface area contributed by atoms with Crippen LogP contribution in [0.5, 0.6) is 0 Å². The summed E-state index contributed by atoms with van der Waals surface area (Å²) in [5, 5.41) is 0.174. The van der Waals surface area contributed by atoms with Crippen LogP contribution in [0, 0.1) is 0 Å². The fraction of sp³-hybridized carbons (Fsp3) is 0.708. The first-order valence-electron chi connectivity index (χ1n) is 11.0. The molecule has 2 atom stereocenters. The molecule has 0 saturated carbocycles. The molecule has 0 aliphatic heterocycles. The first-order chi connectivity index (χ1) is 13.6. The van der Waals surface area contributed by atoms with Gasteiger partial charge in [0.1, 0.15) is 6.29 Å². The van der Waals surface area contributed by atoms with Crippen LogP contribution in [0.15, 0.2) is 30.3 Å². The molecule has 0 aliphatic carbocycles. The lowest BCUT2D eigenvalue weighted by Gasteiger charge is -2.43. The lowest BCUT2D eigenvalue weighted by molar-refractivity contribution is -0.115. The molecule has 1 aromatic carbocycles. The van der Waals surface area contributed by atoms with Crippen LogP contribution in [0.2, 0.25) is 36.3 Å². The van der Waals surface area contributed by atoms with Crippen molar-refractivity contribution >= 4 is 22.9 Å². The molecule has 0 spiro atoms. The van der Waals surface area contributed by atoms with Crippen LogP contribution in [0.1, 0.15) is 53.5 Å². The summed E-state index contributed by atoms with van der Waals surface area (Å²) < 4.78 is 19.5. The van der Waals surface area contributed by atoms with Gasteiger partial charge in [0.25, 0.3) is 0 Å². The van der Waals surface area contributed by atoms with E-state index in [9.17, 15) is 4.79 Å². The van der Waals surface area contributed by atoms with Crippen molar-refractivity contribution in [2.24, 2.45) is 0 Å². The van der Waals surface area contributed by atoms with Crippen molar-refractivity contribution in [1.29, 1.82) is 0 Å². The van der Waals surface area contributed by atoms with Crippen molar-refractivity contribution in [3.05, 3.63) is 35.9 Å². The highest BCUT2D eigenvalue weighted by atomic mass is 28.4. The van der Waals surface area contributed by atoms with Crippen LogP contribution in [0.4, 0.5) is 0 Å². The van der Waals surface area contributed by atoms with E-state index in [2.05, 4.69) is 67.7 Å². The van der Waals surface area contributed by atoms with Gasteiger partial charge in [0, 0.05) is 6.42 Å². The van der Waals surface area contributed by atoms with Crippen LogP contribution in [0.25, 0.3) is 0 Å². The fourth-order valence-electron chi connectivity index (χ4n) is 2.48. The summed E-state index contributed by atoms with van der Waals surface area (Å²) in [4.78, 5) is 11.5. The summed E-state index contributed by atoms with van der Waals surface area (Å²) in [6, 6.07) is 10.1. The van der Waals surface area contributed by atoms with E-state index in [0.29, 0.717) is 19.6 Å². The van der Waals surface area contributed by atoms with E-state index in [-0.39, 0.29) is 22.3 Å². The van der Waals surface area contributed by atoms with Gasteiger partial charge in [-0.25, -0.2) is 0 Å². The third kappa shape index (κ3) is 8.04. The molecule has 1 rings (SSSR count). The van der Waals surface area contributed by atoms with Crippen LogP contribution in [0.3, 0.4) is 0 Å². The summed E-state index contributed by atoms with van der Waals surface area (Å²) in [6.07, 6.45) is 0.632. The summed E-state index contributed by atoms with van der Waals surface area (Å²) in [5.74, 6) is 0. The molecule has 0 bridgehead atoms. The Bertz CT molecular complexity index is 645. The summed E-state index contributed by atoms with van der Waals surface area (Å²) >= 11 is 0. The minimum atomic E-state index is -2.07. The number of hydrogen-bond donors (Lipinski definition) is 0. The SMILES string of the molecule is CC(C)(C)[Si](C)(C)OC[C@@H](O[Si](C)(C)C(C)(C)C)[C@H](CC=O)OCc1ccccc1. The van der Waals surface area contributed by atoms with Crippen LogP contribution < -0.4 is 0 Å². The first-order valence-corrected chi connectivity index (χ1v) is 16.8. The molecule has 0 radical (unpaired) electrons. The standard InChI is InChI=1S/C24H44O4Si2/c1-23(2,3)29(7,8)27-19-22(28-30(9,10)24(4,5)6)21(16-17-25)26-18-20-14-12-11-13-15-20/h11-15,17,21-22H,16,18-19H2,1-10H3/t21-,22+/m0/s1. The Hall–Kier alpha value is -0.796. The molecule has 0 aliphatic rings. The smallest absolute Gasteiger partial charge is 0.192 e. The van der Waals surface area contributed by atoms with Gasteiger partial charge in [-0.2, -0.15) is 0 Å². The lowest BCUT2D eigenvalue weighted by atomic mass is 10.1. The second kappa shape index (κ2) is 10.7. The van der Waals surface area contributed by atoms with Gasteiger partial charge in [-0.3, -0.25) is 0 Å². The Balaban J connectivity index is 3.08. The number of hydrogen-bond acceptors (Lipinski definition) is 4. The Kier molecular flexibility index (Phi) is 9.70. The van der Waals surface area contributed by atoms with Gasteiger partial charge in [-0.15, -0.1) is 0 Å². The van der Waals surface area contributed by atoms with Gasteiger partial charge in [-0.05, 0) is 41.8 Å². The number of rotatable bonds is 11. The molecular weight excluding hydrogens is 408 g/mol. The second-order valence-corrected chi connectivity index (χ2v) is 20.8. The maximum atomic E-state index is 11.5. The molecule has 0 aromatic heterocycles. The summed E-state index contributed by atoms with van der Waals surface area (Å²) in [6.45, 7) is 23.3. The first kappa shape index (κ1) is 27.2. The zero-order chi connectivity index (χ0) is 23.2.